The molecule has 0 radical (unpaired) electrons. The average Bonchev–Trinajstić information content (AvgIpc) is 1.59. The van der Waals surface area contributed by atoms with Crippen LogP contribution in [0.5, 0.6) is 0 Å². The van der Waals surface area contributed by atoms with Gasteiger partial charge in [-0.2, -0.15) is 0 Å². The second kappa shape index (κ2) is 35.2. The number of ketones is 1. The van der Waals surface area contributed by atoms with Crippen LogP contribution in [0.4, 0.5) is 0 Å². The van der Waals surface area contributed by atoms with Crippen LogP contribution in [-0.2, 0) is 151 Å². The zero-order valence-corrected chi connectivity index (χ0v) is 64.2. The minimum atomic E-state index is -1.05. The third-order valence-electron chi connectivity index (χ3n) is 23.7. The Bertz CT molecular complexity index is 3400. The van der Waals surface area contributed by atoms with Crippen LogP contribution in [0.25, 0.3) is 0 Å². The molecule has 3 unspecified atom stereocenters. The maximum Gasteiger partial charge on any atom is 0.332 e. The first-order valence-corrected chi connectivity index (χ1v) is 46.0. The Labute approximate surface area is 600 Å². The Balaban J connectivity index is 0.000000230. The van der Waals surface area contributed by atoms with Crippen molar-refractivity contribution in [3.05, 3.63) is 133 Å². The van der Waals surface area contributed by atoms with Crippen LogP contribution in [0.1, 0.15) is 157 Å². The van der Waals surface area contributed by atoms with E-state index in [2.05, 4.69) is 84.0 Å². The lowest BCUT2D eigenvalue weighted by Gasteiger charge is -2.64. The number of Topliss-reactive ketones (excluding diaryl/α,β-unsaturated/α-hetero) is 1. The quantitative estimate of drug-likeness (QED) is 0.0761. The van der Waals surface area contributed by atoms with Crippen LogP contribution in [0, 0.1) is 68.0 Å². The first-order chi connectivity index (χ1) is 45.0. The highest BCUT2D eigenvalue weighted by Gasteiger charge is 2.74. The molecule has 3 aromatic rings. The third-order valence-corrected chi connectivity index (χ3v) is 41.5. The number of aliphatic hydroxyl groups is 4. The number of carbonyl (C=O) groups is 3. The molecule has 6 aliphatic carbocycles. The Kier molecular flexibility index (Phi) is 29.7. The molecule has 528 valence electrons. The molecule has 0 aromatic heterocycles. The Hall–Kier alpha value is -2.15. The van der Waals surface area contributed by atoms with Gasteiger partial charge in [0, 0.05) is 155 Å². The van der Waals surface area contributed by atoms with Gasteiger partial charge in [0.15, 0.2) is 5.79 Å². The molecule has 24 heteroatoms. The van der Waals surface area contributed by atoms with Gasteiger partial charge in [0.2, 0.25) is 0 Å². The molecule has 95 heavy (non-hydrogen) atoms. The fourth-order valence-electron chi connectivity index (χ4n) is 18.3. The minimum absolute atomic E-state index is 0. The molecule has 2 heterocycles. The molecule has 6 saturated carbocycles. The van der Waals surface area contributed by atoms with E-state index in [-0.39, 0.29) is 78.9 Å². The molecule has 2 aliphatic heterocycles. The highest BCUT2D eigenvalue weighted by atomic mass is 33.4. The van der Waals surface area contributed by atoms with E-state index in [1.54, 1.807) is 68.2 Å². The lowest BCUT2D eigenvalue weighted by Crippen LogP contribution is -2.66. The fourth-order valence-corrected chi connectivity index (χ4v) is 37.5. The Morgan fingerprint density at radius 1 is 0.621 bits per heavy atom. The first kappa shape index (κ1) is 80.2. The van der Waals surface area contributed by atoms with Crippen molar-refractivity contribution in [1.82, 2.24) is 0 Å². The van der Waals surface area contributed by atoms with E-state index in [1.807, 2.05) is 104 Å². The summed E-state index contributed by atoms with van der Waals surface area (Å²) >= 11 is 9.35. The van der Waals surface area contributed by atoms with Gasteiger partial charge in [-0.15, -0.1) is 13.2 Å². The third kappa shape index (κ3) is 16.4. The van der Waals surface area contributed by atoms with Crippen molar-refractivity contribution in [2.45, 2.75) is 182 Å². The number of aliphatic hydroxyl groups excluding tert-OH is 4. The van der Waals surface area contributed by atoms with Gasteiger partial charge < -0.3 is 48.8 Å². The normalized spacial score (nSPS) is 35.4. The molecule has 0 amide bonds. The van der Waals surface area contributed by atoms with Crippen molar-refractivity contribution in [3.63, 3.8) is 0 Å². The molecule has 8 aliphatic rings. The molecule has 1 spiro atoms. The molecule has 2 saturated heterocycles. The summed E-state index contributed by atoms with van der Waals surface area (Å²) in [7, 11) is 14.5. The number of hydrogen-bond donors (Lipinski definition) is 4. The topological polar surface area (TPSA) is 188 Å². The van der Waals surface area contributed by atoms with E-state index in [0.717, 1.165) is 81.1 Å². The molecule has 3 aromatic carbocycles. The highest BCUT2D eigenvalue weighted by molar-refractivity contribution is 8.74. The number of esters is 2. The number of rotatable bonds is 12. The van der Waals surface area contributed by atoms with Gasteiger partial charge in [-0.25, -0.2) is 9.59 Å². The van der Waals surface area contributed by atoms with E-state index in [9.17, 15) is 29.7 Å². The van der Waals surface area contributed by atoms with E-state index in [1.165, 1.54) is 17.8 Å². The maximum atomic E-state index is 14.4. The molecular weight excluding hydrogens is 1410 g/mol. The molecule has 4 N–H and O–H groups in total. The monoisotopic (exact) mass is 1510 g/mol. The van der Waals surface area contributed by atoms with Gasteiger partial charge in [-0.1, -0.05) is 166 Å². The van der Waals surface area contributed by atoms with E-state index in [4.69, 9.17) is 33.5 Å². The summed E-state index contributed by atoms with van der Waals surface area (Å²) in [5, 5.41) is 41.2. The number of benzene rings is 3. The summed E-state index contributed by atoms with van der Waals surface area (Å²) in [6.07, 6.45) is 11.2. The van der Waals surface area contributed by atoms with Gasteiger partial charge in [-0.3, -0.25) is 4.79 Å². The van der Waals surface area contributed by atoms with Crippen LogP contribution in [0.2, 0.25) is 0 Å². The molecule has 4 bridgehead atoms. The van der Waals surface area contributed by atoms with Crippen molar-refractivity contribution in [2.75, 3.05) is 39.6 Å². The number of hydrogen-bond acceptors (Lipinski definition) is 15. The lowest BCUT2D eigenvalue weighted by atomic mass is 9.43. The smallest absolute Gasteiger partial charge is 0.332 e. The van der Waals surface area contributed by atoms with Crippen molar-refractivity contribution in [3.8, 4) is 0 Å². The van der Waals surface area contributed by atoms with Gasteiger partial charge in [0.1, 0.15) is 36.8 Å². The molecular formula is C71H100O13S11. The second-order valence-electron chi connectivity index (χ2n) is 27.8. The predicted octanol–water partition coefficient (Wildman–Crippen LogP) is 11.7. The SMILES string of the molecule is C.C=C[C@@]1(C)C[C@@H](OC(=O)CO)[C@@]2(C)C3C(=O)CC[C@]3(CC[C@H]2C)[C@@H](C)[C@@H]1O.C=C[C@@]1(C)C[C@@H](OC(=O)COC(c2ccccc2)(c2ccccc2)c2ccccc2)[C@@]2(C)C3C4(CC[C@]3(CC[C@H]2C)[C@@H](C)[C@@H]1O)OCCO4.OCC1CCCO1.S=S=S=S=S=S=S=S=S=S=S. The summed E-state index contributed by atoms with van der Waals surface area (Å²) < 4.78 is 37.6. The predicted molar refractivity (Wildman–Crippen MR) is 405 cm³/mol. The Morgan fingerprint density at radius 3 is 1.52 bits per heavy atom. The van der Waals surface area contributed by atoms with E-state index < -0.39 is 76.0 Å². The van der Waals surface area contributed by atoms with Gasteiger partial charge in [0.25, 0.3) is 0 Å². The van der Waals surface area contributed by atoms with Crippen LogP contribution < -0.4 is 0 Å². The molecule has 11 rings (SSSR count). The van der Waals surface area contributed by atoms with Gasteiger partial charge in [-0.05, 0) is 115 Å². The largest absolute Gasteiger partial charge is 0.460 e. The first-order valence-electron chi connectivity index (χ1n) is 32.7. The fraction of sp³-hybridized carbons (Fsp3) is 0.648. The maximum absolute atomic E-state index is 14.4. The van der Waals surface area contributed by atoms with Crippen molar-refractivity contribution >= 4 is 120 Å². The van der Waals surface area contributed by atoms with E-state index >= 15 is 0 Å². The summed E-state index contributed by atoms with van der Waals surface area (Å²) in [6.45, 7) is 26.5. The number of carbonyl (C=O) groups excluding carboxylic acids is 3. The van der Waals surface area contributed by atoms with Crippen molar-refractivity contribution in [2.24, 2.45) is 68.0 Å². The molecule has 17 atom stereocenters. The molecule has 8 fully saturated rings. The summed E-state index contributed by atoms with van der Waals surface area (Å²) in [4.78, 5) is 39.6. The van der Waals surface area contributed by atoms with Crippen LogP contribution in [0.15, 0.2) is 116 Å². The zero-order valence-electron chi connectivity index (χ0n) is 55.3. The van der Waals surface area contributed by atoms with Gasteiger partial charge >= 0.3 is 11.9 Å². The van der Waals surface area contributed by atoms with Crippen LogP contribution >= 0.6 is 0 Å². The summed E-state index contributed by atoms with van der Waals surface area (Å²) in [5.74, 6) is -1.54. The van der Waals surface area contributed by atoms with Crippen LogP contribution in [0.3, 0.4) is 0 Å². The zero-order chi connectivity index (χ0) is 68.2. The standard InChI is InChI=1S/C43H52O6.C22H34O5.C5H10O2.CH4.S11/c1-6-39(4)28-35(40(5)30(2)22-23-41(31(3)37(39)45)24-25-42(38(40)41)46-26-27-47-42)49-36(44)29-48-43(32-16-10-7-11-17-32,33-18-12-8-13-19-33)34-20-14-9-15-21-34;1-6-20(4)11-16(27-17(25)12-23)21(5)13(2)7-9-22(14(3)19(20)26)10-8-15(24)18(21)22;6-4-5-2-1-3-7-5;;1-3-5-7-9-11-10-8-6-4-2/h6-21,30-31,35,37-38,45H,1,22-29H2,2-5H3;6,13-14,16,18-19,23,26H,1,7-12H2,2-5H3;5-6H,1-4H2;1H4;/t30-,31+,35-,37+,38?,39+,40+,41-;13-,14+,16-,18?,19+,20+,21+,22-;;;/m11.../s1. The van der Waals surface area contributed by atoms with E-state index in [0.29, 0.717) is 32.5 Å². The van der Waals surface area contributed by atoms with Crippen molar-refractivity contribution in [1.29, 1.82) is 0 Å². The second-order valence-corrected chi connectivity index (χ2v) is 43.7. The average molecular weight is 1510 g/mol. The Morgan fingerprint density at radius 2 is 1.07 bits per heavy atom. The van der Waals surface area contributed by atoms with Gasteiger partial charge in [0.05, 0.1) is 38.1 Å². The molecule has 13 nitrogen and oxygen atoms in total. The lowest BCUT2D eigenvalue weighted by molar-refractivity contribution is -0.284. The highest BCUT2D eigenvalue weighted by Crippen LogP contribution is 2.73. The summed E-state index contributed by atoms with van der Waals surface area (Å²) in [5.41, 5.74) is -1.10. The van der Waals surface area contributed by atoms with Crippen molar-refractivity contribution < 1.29 is 63.2 Å². The van der Waals surface area contributed by atoms with Crippen LogP contribution in [-0.4, -0.2) is 114 Å². The minimum Gasteiger partial charge on any atom is -0.460 e. The number of ether oxygens (including phenoxy) is 6. The summed E-state index contributed by atoms with van der Waals surface area (Å²) in [6, 6.07) is 30.2.